The number of nitrogens with one attached hydrogen (secondary N) is 1. The number of aliphatic hydroxyl groups is 1. The quantitative estimate of drug-likeness (QED) is 0.761. The first kappa shape index (κ1) is 17.0. The summed E-state index contributed by atoms with van der Waals surface area (Å²) in [6.07, 6.45) is 5.68. The topological polar surface area (TPSA) is 75.6 Å². The highest BCUT2D eigenvalue weighted by Crippen LogP contribution is 2.61. The van der Waals surface area contributed by atoms with Crippen molar-refractivity contribution in [3.8, 4) is 0 Å². The molecular weight excluding hydrogens is 338 g/mol. The zero-order valence-corrected chi connectivity index (χ0v) is 15.1. The number of carbonyl (C=O) groups is 2. The second-order valence-corrected chi connectivity index (χ2v) is 9.25. The molecule has 4 saturated carbocycles. The van der Waals surface area contributed by atoms with Crippen molar-refractivity contribution < 1.29 is 19.4 Å². The number of hydrogen-bond acceptors (Lipinski definition) is 5. The van der Waals surface area contributed by atoms with Crippen LogP contribution in [0.1, 0.15) is 43.4 Å². The Kier molecular flexibility index (Phi) is 4.36. The molecule has 1 amide bonds. The van der Waals surface area contributed by atoms with Crippen LogP contribution in [0.5, 0.6) is 0 Å². The molecule has 5 nitrogen and oxygen atoms in total. The van der Waals surface area contributed by atoms with E-state index in [0.717, 1.165) is 38.5 Å². The minimum absolute atomic E-state index is 0.223. The van der Waals surface area contributed by atoms with E-state index < -0.39 is 11.0 Å². The van der Waals surface area contributed by atoms with Gasteiger partial charge >= 0.3 is 5.97 Å². The van der Waals surface area contributed by atoms with Crippen LogP contribution in [0, 0.1) is 17.3 Å². The highest BCUT2D eigenvalue weighted by Gasteiger charge is 2.60. The molecule has 4 aliphatic carbocycles. The normalized spacial score (nSPS) is 35.6. The minimum Gasteiger partial charge on any atom is -0.455 e. The molecular formula is C19H25NO4S. The zero-order chi connectivity index (χ0) is 17.5. The maximum Gasteiger partial charge on any atom is 0.312 e. The van der Waals surface area contributed by atoms with Gasteiger partial charge in [0.05, 0.1) is 11.0 Å². The Morgan fingerprint density at radius 2 is 2.04 bits per heavy atom. The van der Waals surface area contributed by atoms with Crippen molar-refractivity contribution in [2.24, 2.45) is 17.3 Å². The average Bonchev–Trinajstić information content (AvgIpc) is 3.03. The van der Waals surface area contributed by atoms with Gasteiger partial charge in [0.2, 0.25) is 0 Å². The van der Waals surface area contributed by atoms with Crippen LogP contribution in [-0.2, 0) is 20.7 Å². The van der Waals surface area contributed by atoms with Crippen LogP contribution in [0.3, 0.4) is 0 Å². The highest BCUT2D eigenvalue weighted by molar-refractivity contribution is 7.09. The number of hydrogen-bond donors (Lipinski definition) is 2. The largest absolute Gasteiger partial charge is 0.455 e. The van der Waals surface area contributed by atoms with Gasteiger partial charge in [0.15, 0.2) is 6.61 Å². The second kappa shape index (κ2) is 6.40. The molecule has 4 bridgehead atoms. The van der Waals surface area contributed by atoms with Gasteiger partial charge in [0, 0.05) is 11.4 Å². The zero-order valence-electron chi connectivity index (χ0n) is 14.3. The predicted molar refractivity (Wildman–Crippen MR) is 94.1 cm³/mol. The van der Waals surface area contributed by atoms with Crippen LogP contribution in [0.15, 0.2) is 17.5 Å². The summed E-state index contributed by atoms with van der Waals surface area (Å²) < 4.78 is 5.36. The van der Waals surface area contributed by atoms with Crippen LogP contribution >= 0.6 is 11.3 Å². The van der Waals surface area contributed by atoms with Gasteiger partial charge in [-0.3, -0.25) is 9.59 Å². The Labute approximate surface area is 151 Å². The summed E-state index contributed by atoms with van der Waals surface area (Å²) in [6, 6.07) is 4.03. The maximum atomic E-state index is 12.7. The van der Waals surface area contributed by atoms with Gasteiger partial charge < -0.3 is 15.2 Å². The molecule has 25 heavy (non-hydrogen) atoms. The molecule has 0 aliphatic heterocycles. The van der Waals surface area contributed by atoms with Crippen LogP contribution in [0.2, 0.25) is 0 Å². The summed E-state index contributed by atoms with van der Waals surface area (Å²) in [7, 11) is 0. The molecule has 2 N–H and O–H groups in total. The van der Waals surface area contributed by atoms with Crippen molar-refractivity contribution in [3.05, 3.63) is 22.4 Å². The first-order valence-electron chi connectivity index (χ1n) is 9.15. The van der Waals surface area contributed by atoms with Crippen molar-refractivity contribution >= 4 is 23.2 Å². The second-order valence-electron chi connectivity index (χ2n) is 8.22. The number of rotatable bonds is 6. The van der Waals surface area contributed by atoms with Crippen molar-refractivity contribution in [2.75, 3.05) is 13.2 Å². The first-order chi connectivity index (χ1) is 12.0. The van der Waals surface area contributed by atoms with Crippen molar-refractivity contribution in [3.63, 3.8) is 0 Å². The molecule has 1 aromatic heterocycles. The lowest BCUT2D eigenvalue weighted by Gasteiger charge is -2.58. The third kappa shape index (κ3) is 3.47. The first-order valence-corrected chi connectivity index (χ1v) is 10.0. The van der Waals surface area contributed by atoms with E-state index in [2.05, 4.69) is 5.32 Å². The van der Waals surface area contributed by atoms with Crippen LogP contribution in [0.25, 0.3) is 0 Å². The van der Waals surface area contributed by atoms with Crippen molar-refractivity contribution in [1.29, 1.82) is 0 Å². The summed E-state index contributed by atoms with van der Waals surface area (Å²) >= 11 is 1.66. The molecule has 136 valence electrons. The predicted octanol–water partition coefficient (Wildman–Crippen LogP) is 2.28. The number of amides is 1. The molecule has 2 unspecified atom stereocenters. The summed E-state index contributed by atoms with van der Waals surface area (Å²) in [4.78, 5) is 25.8. The summed E-state index contributed by atoms with van der Waals surface area (Å²) in [5.74, 6) is 0.318. The van der Waals surface area contributed by atoms with Gasteiger partial charge in [-0.15, -0.1) is 11.3 Å². The van der Waals surface area contributed by atoms with Gasteiger partial charge in [-0.2, -0.15) is 0 Å². The van der Waals surface area contributed by atoms with E-state index in [-0.39, 0.29) is 18.5 Å². The molecule has 0 saturated heterocycles. The number of carbonyl (C=O) groups excluding carboxylic acids is 2. The monoisotopic (exact) mass is 363 g/mol. The molecule has 6 heteroatoms. The number of esters is 1. The van der Waals surface area contributed by atoms with E-state index in [4.69, 9.17) is 4.74 Å². The molecule has 1 aromatic rings. The highest BCUT2D eigenvalue weighted by atomic mass is 32.1. The lowest BCUT2D eigenvalue weighted by Crippen LogP contribution is -2.58. The third-order valence-corrected chi connectivity index (χ3v) is 7.01. The van der Waals surface area contributed by atoms with E-state index >= 15 is 0 Å². The van der Waals surface area contributed by atoms with Gasteiger partial charge in [-0.05, 0) is 68.2 Å². The van der Waals surface area contributed by atoms with Gasteiger partial charge in [-0.1, -0.05) is 6.07 Å². The molecule has 1 heterocycles. The van der Waals surface area contributed by atoms with Crippen LogP contribution in [0.4, 0.5) is 0 Å². The standard InChI is InChI=1S/C19H25NO4S/c21-16(20-4-3-15-2-1-5-25-15)11-24-17(22)18-7-13-6-14(8-18)10-19(23,9-13)12-18/h1-2,5,13-14,23H,3-4,6-12H2,(H,20,21)/t13-,14+,18?,19?. The van der Waals surface area contributed by atoms with E-state index in [1.807, 2.05) is 17.5 Å². The Hall–Kier alpha value is -1.40. The van der Waals surface area contributed by atoms with E-state index in [0.29, 0.717) is 24.8 Å². The Balaban J connectivity index is 1.27. The maximum absolute atomic E-state index is 12.7. The van der Waals surface area contributed by atoms with Crippen molar-refractivity contribution in [2.45, 2.75) is 50.5 Å². The van der Waals surface area contributed by atoms with Gasteiger partial charge in [0.1, 0.15) is 0 Å². The Morgan fingerprint density at radius 1 is 1.28 bits per heavy atom. The fourth-order valence-electron chi connectivity index (χ4n) is 5.57. The Bertz CT molecular complexity index is 642. The minimum atomic E-state index is -0.688. The fourth-order valence-corrected chi connectivity index (χ4v) is 6.28. The molecule has 0 aromatic carbocycles. The van der Waals surface area contributed by atoms with E-state index in [9.17, 15) is 14.7 Å². The molecule has 5 rings (SSSR count). The SMILES string of the molecule is O=C(COC(=O)C12C[C@@H]3C[C@@H](CC(O)(C3)C1)C2)NCCc1cccs1. The number of thiophene rings is 1. The molecule has 4 fully saturated rings. The molecule has 4 aliphatic rings. The third-order valence-electron chi connectivity index (χ3n) is 6.07. The average molecular weight is 363 g/mol. The lowest BCUT2D eigenvalue weighted by molar-refractivity contribution is -0.196. The van der Waals surface area contributed by atoms with Crippen LogP contribution < -0.4 is 5.32 Å². The molecule has 0 spiro atoms. The number of ether oxygens (including phenoxy) is 1. The van der Waals surface area contributed by atoms with E-state index in [1.165, 1.54) is 4.88 Å². The van der Waals surface area contributed by atoms with E-state index in [1.54, 1.807) is 11.3 Å². The summed E-state index contributed by atoms with van der Waals surface area (Å²) in [5.41, 5.74) is -1.25. The summed E-state index contributed by atoms with van der Waals surface area (Å²) in [5, 5.41) is 15.5. The van der Waals surface area contributed by atoms with Crippen molar-refractivity contribution in [1.82, 2.24) is 5.32 Å². The molecule has 0 radical (unpaired) electrons. The Morgan fingerprint density at radius 3 is 2.68 bits per heavy atom. The lowest BCUT2D eigenvalue weighted by atomic mass is 9.48. The van der Waals surface area contributed by atoms with Gasteiger partial charge in [0.25, 0.3) is 5.91 Å². The molecule has 4 atom stereocenters. The van der Waals surface area contributed by atoms with Crippen LogP contribution in [-0.4, -0.2) is 35.7 Å². The smallest absolute Gasteiger partial charge is 0.312 e. The van der Waals surface area contributed by atoms with Gasteiger partial charge in [-0.25, -0.2) is 0 Å². The fraction of sp³-hybridized carbons (Fsp3) is 0.684. The summed E-state index contributed by atoms with van der Waals surface area (Å²) in [6.45, 7) is 0.324.